The Kier molecular flexibility index (Phi) is 3.19. The van der Waals surface area contributed by atoms with Crippen molar-refractivity contribution in [1.82, 2.24) is 5.32 Å². The van der Waals surface area contributed by atoms with E-state index in [1.165, 1.54) is 6.42 Å². The number of allylic oxidation sites excluding steroid dienone is 6. The van der Waals surface area contributed by atoms with Crippen LogP contribution in [0.3, 0.4) is 0 Å². The molecule has 4 unspecified atom stereocenters. The van der Waals surface area contributed by atoms with Crippen LogP contribution in [0.15, 0.2) is 47.1 Å². The number of ketones is 1. The second-order valence-corrected chi connectivity index (χ2v) is 9.02. The molecule has 116 valence electrons. The Morgan fingerprint density at radius 2 is 2.14 bits per heavy atom. The van der Waals surface area contributed by atoms with Crippen molar-refractivity contribution >= 4 is 17.5 Å². The predicted octanol–water partition coefficient (Wildman–Crippen LogP) is 4.12. The van der Waals surface area contributed by atoms with E-state index >= 15 is 0 Å². The fourth-order valence-corrected chi connectivity index (χ4v) is 5.59. The molecule has 3 heteroatoms. The predicted molar refractivity (Wildman–Crippen MR) is 92.4 cm³/mol. The maximum absolute atomic E-state index is 12.7. The van der Waals surface area contributed by atoms with Crippen LogP contribution in [0.2, 0.25) is 0 Å². The average molecular weight is 313 g/mol. The summed E-state index contributed by atoms with van der Waals surface area (Å²) in [4.78, 5) is 12.7. The summed E-state index contributed by atoms with van der Waals surface area (Å²) in [5, 5.41) is 4.78. The van der Waals surface area contributed by atoms with Gasteiger partial charge in [-0.05, 0) is 37.5 Å². The van der Waals surface area contributed by atoms with Gasteiger partial charge in [-0.3, -0.25) is 4.79 Å². The van der Waals surface area contributed by atoms with E-state index in [-0.39, 0.29) is 10.2 Å². The fourth-order valence-electron chi connectivity index (χ4n) is 4.15. The van der Waals surface area contributed by atoms with Crippen LogP contribution >= 0.6 is 11.8 Å². The van der Waals surface area contributed by atoms with Crippen LogP contribution < -0.4 is 5.32 Å². The standard InChI is InChI=1S/C19H23NOS/c1-18-9-5-3-7-13(18)11-15(21)14(12-18)17-20-16-8-4-6-10-19(16,2)22-17/h3-5,7-9,13,16,20H,6,10-12H2,1-2H3. The third-order valence-electron chi connectivity index (χ3n) is 5.77. The Labute approximate surface area is 136 Å². The Morgan fingerprint density at radius 1 is 1.27 bits per heavy atom. The van der Waals surface area contributed by atoms with E-state index in [9.17, 15) is 4.79 Å². The van der Waals surface area contributed by atoms with Gasteiger partial charge >= 0.3 is 0 Å². The number of thioether (sulfide) groups is 1. The molecule has 0 aromatic carbocycles. The second kappa shape index (κ2) is 4.89. The number of rotatable bonds is 0. The van der Waals surface area contributed by atoms with Crippen molar-refractivity contribution in [2.75, 3.05) is 0 Å². The SMILES string of the molecule is CC12C=CC=CC1CC(=O)C(=C1NC3C=CCCC3(C)S1)C2. The molecule has 4 aliphatic rings. The highest BCUT2D eigenvalue weighted by molar-refractivity contribution is 8.04. The van der Waals surface area contributed by atoms with E-state index < -0.39 is 0 Å². The molecule has 4 rings (SSSR count). The number of hydrogen-bond donors (Lipinski definition) is 1. The van der Waals surface area contributed by atoms with Gasteiger partial charge in [0.2, 0.25) is 0 Å². The number of hydrogen-bond acceptors (Lipinski definition) is 3. The zero-order valence-corrected chi connectivity index (χ0v) is 14.1. The molecule has 1 N–H and O–H groups in total. The molecule has 3 aliphatic carbocycles. The first kappa shape index (κ1) is 14.4. The van der Waals surface area contributed by atoms with Crippen LogP contribution in [0.5, 0.6) is 0 Å². The minimum atomic E-state index is 0.0950. The van der Waals surface area contributed by atoms with Gasteiger partial charge in [-0.2, -0.15) is 0 Å². The van der Waals surface area contributed by atoms with Crippen LogP contribution in [-0.2, 0) is 4.79 Å². The average Bonchev–Trinajstić information content (AvgIpc) is 2.84. The highest BCUT2D eigenvalue weighted by atomic mass is 32.2. The van der Waals surface area contributed by atoms with Crippen LogP contribution in [-0.4, -0.2) is 16.6 Å². The molecule has 0 aromatic heterocycles. The van der Waals surface area contributed by atoms with Gasteiger partial charge in [0.1, 0.15) is 0 Å². The second-order valence-electron chi connectivity index (χ2n) is 7.47. The number of fused-ring (bicyclic) bond motifs is 2. The van der Waals surface area contributed by atoms with Crippen molar-refractivity contribution < 1.29 is 4.79 Å². The summed E-state index contributed by atoms with van der Waals surface area (Å²) in [5.41, 5.74) is 1.13. The van der Waals surface area contributed by atoms with E-state index in [4.69, 9.17) is 0 Å². The van der Waals surface area contributed by atoms with E-state index in [2.05, 4.69) is 55.6 Å². The van der Waals surface area contributed by atoms with E-state index in [0.717, 1.165) is 23.4 Å². The largest absolute Gasteiger partial charge is 0.372 e. The molecule has 4 atom stereocenters. The Hall–Kier alpha value is -1.22. The van der Waals surface area contributed by atoms with E-state index in [1.54, 1.807) is 0 Å². The Bertz CT molecular complexity index is 644. The van der Waals surface area contributed by atoms with Gasteiger partial charge in [0.15, 0.2) is 5.78 Å². The first-order chi connectivity index (χ1) is 10.5. The molecule has 0 amide bonds. The highest BCUT2D eigenvalue weighted by Crippen LogP contribution is 2.52. The molecule has 0 aromatic rings. The molecule has 1 aliphatic heterocycles. The Balaban J connectivity index is 1.68. The number of carbonyl (C=O) groups is 1. The maximum atomic E-state index is 12.7. The van der Waals surface area contributed by atoms with Gasteiger partial charge in [0, 0.05) is 16.7 Å². The summed E-state index contributed by atoms with van der Waals surface area (Å²) in [6.07, 6.45) is 17.1. The van der Waals surface area contributed by atoms with Crippen molar-refractivity contribution in [3.05, 3.63) is 47.1 Å². The summed E-state index contributed by atoms with van der Waals surface area (Å²) >= 11 is 1.90. The van der Waals surface area contributed by atoms with Crippen molar-refractivity contribution in [3.8, 4) is 0 Å². The molecule has 1 saturated heterocycles. The first-order valence-electron chi connectivity index (χ1n) is 8.25. The van der Waals surface area contributed by atoms with Gasteiger partial charge in [0.05, 0.1) is 11.1 Å². The topological polar surface area (TPSA) is 29.1 Å². The van der Waals surface area contributed by atoms with Crippen LogP contribution in [0.4, 0.5) is 0 Å². The molecular weight excluding hydrogens is 290 g/mol. The lowest BCUT2D eigenvalue weighted by Crippen LogP contribution is -2.39. The summed E-state index contributed by atoms with van der Waals surface area (Å²) < 4.78 is 0.206. The summed E-state index contributed by atoms with van der Waals surface area (Å²) in [6, 6.07) is 0.369. The third-order valence-corrected chi connectivity index (χ3v) is 7.26. The van der Waals surface area contributed by atoms with Gasteiger partial charge in [0.25, 0.3) is 0 Å². The number of Topliss-reactive ketones (excluding diaryl/α,β-unsaturated/α-hetero) is 1. The van der Waals surface area contributed by atoms with Crippen molar-refractivity contribution in [2.45, 2.75) is 50.3 Å². The van der Waals surface area contributed by atoms with E-state index in [0.29, 0.717) is 24.2 Å². The minimum absolute atomic E-state index is 0.0950. The molecule has 1 saturated carbocycles. The van der Waals surface area contributed by atoms with Crippen LogP contribution in [0, 0.1) is 11.3 Å². The summed E-state index contributed by atoms with van der Waals surface area (Å²) in [7, 11) is 0. The molecule has 22 heavy (non-hydrogen) atoms. The molecule has 0 spiro atoms. The molecule has 0 bridgehead atoms. The van der Waals surface area contributed by atoms with E-state index in [1.807, 2.05) is 11.8 Å². The van der Waals surface area contributed by atoms with Gasteiger partial charge < -0.3 is 5.32 Å². The quantitative estimate of drug-likeness (QED) is 0.539. The van der Waals surface area contributed by atoms with Gasteiger partial charge in [-0.15, -0.1) is 0 Å². The normalized spacial score (nSPS) is 46.4. The van der Waals surface area contributed by atoms with Crippen molar-refractivity contribution in [2.24, 2.45) is 11.3 Å². The summed E-state index contributed by atoms with van der Waals surface area (Å²) in [5.74, 6) is 0.696. The number of nitrogens with one attached hydrogen (secondary N) is 1. The lowest BCUT2D eigenvalue weighted by atomic mass is 9.64. The maximum Gasteiger partial charge on any atom is 0.162 e. The van der Waals surface area contributed by atoms with Gasteiger partial charge in [-0.25, -0.2) is 0 Å². The molecule has 2 nitrogen and oxygen atoms in total. The first-order valence-corrected chi connectivity index (χ1v) is 9.06. The van der Waals surface area contributed by atoms with Crippen LogP contribution in [0.1, 0.15) is 39.5 Å². The number of carbonyl (C=O) groups excluding carboxylic acids is 1. The molecule has 0 radical (unpaired) electrons. The smallest absolute Gasteiger partial charge is 0.162 e. The monoisotopic (exact) mass is 313 g/mol. The molecular formula is C19H23NOS. The zero-order valence-electron chi connectivity index (χ0n) is 13.3. The molecule has 2 fully saturated rings. The van der Waals surface area contributed by atoms with Crippen molar-refractivity contribution in [3.63, 3.8) is 0 Å². The lowest BCUT2D eigenvalue weighted by molar-refractivity contribution is -0.118. The summed E-state index contributed by atoms with van der Waals surface area (Å²) in [6.45, 7) is 4.62. The molecule has 1 heterocycles. The fraction of sp³-hybridized carbons (Fsp3) is 0.526. The van der Waals surface area contributed by atoms with Crippen molar-refractivity contribution in [1.29, 1.82) is 0 Å². The minimum Gasteiger partial charge on any atom is -0.372 e. The zero-order chi connectivity index (χ0) is 15.4. The van der Waals surface area contributed by atoms with Crippen LogP contribution in [0.25, 0.3) is 0 Å². The third kappa shape index (κ3) is 2.13. The lowest BCUT2D eigenvalue weighted by Gasteiger charge is -2.40. The highest BCUT2D eigenvalue weighted by Gasteiger charge is 2.46. The van der Waals surface area contributed by atoms with Gasteiger partial charge in [-0.1, -0.05) is 55.1 Å². The Morgan fingerprint density at radius 3 is 2.95 bits per heavy atom.